The Morgan fingerprint density at radius 3 is 2.52 bits per heavy atom. The van der Waals surface area contributed by atoms with Gasteiger partial charge in [0.25, 0.3) is 5.91 Å². The third-order valence-electron chi connectivity index (χ3n) is 3.14. The first-order valence-electron chi connectivity index (χ1n) is 6.44. The van der Waals surface area contributed by atoms with E-state index in [1.807, 2.05) is 12.1 Å². The Balaban J connectivity index is 2.12. The first kappa shape index (κ1) is 15.0. The van der Waals surface area contributed by atoms with E-state index >= 15 is 0 Å². The SMILES string of the molecule is Cc1c(O)cccc1C(=O)Nc1ccc(CC(N)=S)cc1. The van der Waals surface area contributed by atoms with Crippen molar-refractivity contribution in [2.75, 3.05) is 5.32 Å². The van der Waals surface area contributed by atoms with Gasteiger partial charge in [-0.2, -0.15) is 0 Å². The van der Waals surface area contributed by atoms with Gasteiger partial charge in [0.2, 0.25) is 0 Å². The maximum atomic E-state index is 12.2. The molecule has 4 nitrogen and oxygen atoms in total. The molecule has 0 spiro atoms. The van der Waals surface area contributed by atoms with Gasteiger partial charge in [-0.05, 0) is 36.8 Å². The summed E-state index contributed by atoms with van der Waals surface area (Å²) >= 11 is 4.86. The monoisotopic (exact) mass is 300 g/mol. The van der Waals surface area contributed by atoms with E-state index in [2.05, 4.69) is 5.32 Å². The summed E-state index contributed by atoms with van der Waals surface area (Å²) in [6, 6.07) is 12.2. The van der Waals surface area contributed by atoms with Crippen molar-refractivity contribution in [2.45, 2.75) is 13.3 Å². The molecule has 0 aliphatic rings. The average molecular weight is 300 g/mol. The molecule has 0 saturated carbocycles. The number of benzene rings is 2. The fourth-order valence-electron chi connectivity index (χ4n) is 1.97. The third kappa shape index (κ3) is 3.79. The summed E-state index contributed by atoms with van der Waals surface area (Å²) in [6.45, 7) is 1.70. The largest absolute Gasteiger partial charge is 0.508 e. The van der Waals surface area contributed by atoms with Crippen molar-refractivity contribution in [3.05, 3.63) is 59.2 Å². The van der Waals surface area contributed by atoms with Gasteiger partial charge in [0.15, 0.2) is 0 Å². The fourth-order valence-corrected chi connectivity index (χ4v) is 2.14. The number of hydrogen-bond donors (Lipinski definition) is 3. The lowest BCUT2D eigenvalue weighted by Crippen LogP contribution is -2.14. The van der Waals surface area contributed by atoms with Crippen molar-refractivity contribution in [1.82, 2.24) is 0 Å². The zero-order valence-corrected chi connectivity index (χ0v) is 12.4. The molecular weight excluding hydrogens is 284 g/mol. The van der Waals surface area contributed by atoms with Crippen LogP contribution in [0.2, 0.25) is 0 Å². The Morgan fingerprint density at radius 1 is 1.24 bits per heavy atom. The minimum atomic E-state index is -0.259. The summed E-state index contributed by atoms with van der Waals surface area (Å²) in [5.41, 5.74) is 8.16. The number of carbonyl (C=O) groups is 1. The number of anilines is 1. The maximum absolute atomic E-state index is 12.2. The van der Waals surface area contributed by atoms with Crippen LogP contribution in [0.25, 0.3) is 0 Å². The Labute approximate surface area is 128 Å². The molecule has 0 aromatic heterocycles. The first-order chi connectivity index (χ1) is 9.97. The molecule has 0 heterocycles. The number of phenols is 1. The van der Waals surface area contributed by atoms with E-state index in [1.54, 1.807) is 37.3 Å². The van der Waals surface area contributed by atoms with Crippen LogP contribution in [0.3, 0.4) is 0 Å². The Kier molecular flexibility index (Phi) is 4.55. The fraction of sp³-hybridized carbons (Fsp3) is 0.125. The Bertz CT molecular complexity index is 681. The van der Waals surface area contributed by atoms with Crippen molar-refractivity contribution in [3.63, 3.8) is 0 Å². The van der Waals surface area contributed by atoms with Crippen molar-refractivity contribution in [2.24, 2.45) is 5.73 Å². The smallest absolute Gasteiger partial charge is 0.256 e. The summed E-state index contributed by atoms with van der Waals surface area (Å²) in [5, 5.41) is 12.4. The molecule has 108 valence electrons. The highest BCUT2D eigenvalue weighted by Gasteiger charge is 2.11. The second-order valence-corrected chi connectivity index (χ2v) is 5.27. The molecule has 0 aliphatic heterocycles. The number of phenolic OH excluding ortho intramolecular Hbond substituents is 1. The minimum Gasteiger partial charge on any atom is -0.508 e. The van der Waals surface area contributed by atoms with Crippen LogP contribution in [0.15, 0.2) is 42.5 Å². The highest BCUT2D eigenvalue weighted by atomic mass is 32.1. The van der Waals surface area contributed by atoms with Crippen LogP contribution in [-0.2, 0) is 6.42 Å². The topological polar surface area (TPSA) is 75.3 Å². The summed E-state index contributed by atoms with van der Waals surface area (Å²) in [4.78, 5) is 12.6. The quantitative estimate of drug-likeness (QED) is 0.759. The van der Waals surface area contributed by atoms with E-state index < -0.39 is 0 Å². The van der Waals surface area contributed by atoms with Crippen molar-refractivity contribution < 1.29 is 9.90 Å². The maximum Gasteiger partial charge on any atom is 0.256 e. The average Bonchev–Trinajstić information content (AvgIpc) is 2.43. The van der Waals surface area contributed by atoms with Gasteiger partial charge in [0, 0.05) is 23.2 Å². The summed E-state index contributed by atoms with van der Waals surface area (Å²) in [5.74, 6) is -0.153. The van der Waals surface area contributed by atoms with Gasteiger partial charge in [-0.25, -0.2) is 0 Å². The molecule has 0 bridgehead atoms. The van der Waals surface area contributed by atoms with E-state index in [0.717, 1.165) is 5.56 Å². The molecule has 0 radical (unpaired) electrons. The molecule has 2 aromatic carbocycles. The van der Waals surface area contributed by atoms with Gasteiger partial charge >= 0.3 is 0 Å². The van der Waals surface area contributed by atoms with Gasteiger partial charge in [-0.3, -0.25) is 4.79 Å². The lowest BCUT2D eigenvalue weighted by Gasteiger charge is -2.09. The summed E-state index contributed by atoms with van der Waals surface area (Å²) < 4.78 is 0. The Hall–Kier alpha value is -2.40. The number of thiocarbonyl (C=S) groups is 1. The first-order valence-corrected chi connectivity index (χ1v) is 6.85. The molecule has 5 heteroatoms. The number of nitrogens with two attached hydrogens (primary N) is 1. The molecule has 0 aliphatic carbocycles. The normalized spacial score (nSPS) is 10.1. The van der Waals surface area contributed by atoms with Crippen LogP contribution in [0.4, 0.5) is 5.69 Å². The molecular formula is C16H16N2O2S. The van der Waals surface area contributed by atoms with E-state index in [0.29, 0.717) is 28.2 Å². The highest BCUT2D eigenvalue weighted by molar-refractivity contribution is 7.80. The molecule has 0 fully saturated rings. The zero-order valence-electron chi connectivity index (χ0n) is 11.6. The number of nitrogens with one attached hydrogen (secondary N) is 1. The number of hydrogen-bond acceptors (Lipinski definition) is 3. The van der Waals surface area contributed by atoms with Crippen LogP contribution >= 0.6 is 12.2 Å². The predicted octanol–water partition coefficient (Wildman–Crippen LogP) is 2.78. The van der Waals surface area contributed by atoms with Gasteiger partial charge in [-0.15, -0.1) is 0 Å². The summed E-state index contributed by atoms with van der Waals surface area (Å²) in [6.07, 6.45) is 0.537. The van der Waals surface area contributed by atoms with E-state index in [-0.39, 0.29) is 11.7 Å². The van der Waals surface area contributed by atoms with Crippen LogP contribution in [0, 0.1) is 6.92 Å². The molecule has 4 N–H and O–H groups in total. The van der Waals surface area contributed by atoms with Gasteiger partial charge < -0.3 is 16.2 Å². The molecule has 0 unspecified atom stereocenters. The second kappa shape index (κ2) is 6.37. The van der Waals surface area contributed by atoms with Crippen LogP contribution < -0.4 is 11.1 Å². The molecule has 0 atom stereocenters. The van der Waals surface area contributed by atoms with E-state index in [9.17, 15) is 9.90 Å². The van der Waals surface area contributed by atoms with Crippen molar-refractivity contribution in [1.29, 1.82) is 0 Å². The minimum absolute atomic E-state index is 0.106. The zero-order chi connectivity index (χ0) is 15.4. The number of carbonyl (C=O) groups excluding carboxylic acids is 1. The van der Waals surface area contributed by atoms with E-state index in [4.69, 9.17) is 18.0 Å². The molecule has 1 amide bonds. The number of aromatic hydroxyl groups is 1. The summed E-state index contributed by atoms with van der Waals surface area (Å²) in [7, 11) is 0. The molecule has 2 rings (SSSR count). The van der Waals surface area contributed by atoms with E-state index in [1.165, 1.54) is 0 Å². The molecule has 2 aromatic rings. The van der Waals surface area contributed by atoms with Gasteiger partial charge in [-0.1, -0.05) is 30.4 Å². The third-order valence-corrected chi connectivity index (χ3v) is 3.28. The van der Waals surface area contributed by atoms with Crippen LogP contribution in [0.5, 0.6) is 5.75 Å². The molecule has 0 saturated heterocycles. The van der Waals surface area contributed by atoms with Crippen LogP contribution in [0.1, 0.15) is 21.5 Å². The van der Waals surface area contributed by atoms with Crippen LogP contribution in [-0.4, -0.2) is 16.0 Å². The van der Waals surface area contributed by atoms with Gasteiger partial charge in [0.05, 0.1) is 4.99 Å². The van der Waals surface area contributed by atoms with Gasteiger partial charge in [0.1, 0.15) is 5.75 Å². The standard InChI is InChI=1S/C16H16N2O2S/c1-10-13(3-2-4-14(10)19)16(20)18-12-7-5-11(6-8-12)9-15(17)21/h2-8,19H,9H2,1H3,(H2,17,21)(H,18,20). The van der Waals surface area contributed by atoms with Crippen molar-refractivity contribution >= 4 is 28.8 Å². The second-order valence-electron chi connectivity index (χ2n) is 4.74. The number of rotatable bonds is 4. The lowest BCUT2D eigenvalue weighted by atomic mass is 10.1. The Morgan fingerprint density at radius 2 is 1.90 bits per heavy atom. The lowest BCUT2D eigenvalue weighted by molar-refractivity contribution is 0.102. The number of amides is 1. The predicted molar refractivity (Wildman–Crippen MR) is 87.7 cm³/mol. The highest BCUT2D eigenvalue weighted by Crippen LogP contribution is 2.20. The van der Waals surface area contributed by atoms with Crippen molar-refractivity contribution in [3.8, 4) is 5.75 Å². The molecule has 21 heavy (non-hydrogen) atoms.